The number of nitrogens with zero attached hydrogens (tertiary/aromatic N) is 2. The third kappa shape index (κ3) is 5.19. The molecule has 2 aromatic rings. The standard InChI is InChI=1S/C13H15ClN4O2S.ClH/c1-20-10(7-15)6-11(19)16-13-18-17-12(21-13)8-3-2-4-9(14)5-8;/h2-5,10H,6-7,15H2,1H3,(H,16,18,19);1H. The Labute approximate surface area is 143 Å². The fourth-order valence-corrected chi connectivity index (χ4v) is 2.60. The number of rotatable bonds is 6. The smallest absolute Gasteiger partial charge is 0.228 e. The van der Waals surface area contributed by atoms with Crippen LogP contribution in [0.4, 0.5) is 5.13 Å². The second-order valence-electron chi connectivity index (χ2n) is 4.27. The molecule has 3 N–H and O–H groups in total. The molecule has 0 bridgehead atoms. The molecule has 1 amide bonds. The van der Waals surface area contributed by atoms with Crippen molar-refractivity contribution in [2.75, 3.05) is 19.0 Å². The van der Waals surface area contributed by atoms with Crippen molar-refractivity contribution in [2.45, 2.75) is 12.5 Å². The van der Waals surface area contributed by atoms with E-state index in [-0.39, 0.29) is 37.4 Å². The SMILES string of the molecule is COC(CN)CC(=O)Nc1nnc(-c2cccc(Cl)c2)s1.Cl. The number of benzene rings is 1. The normalized spacial score (nSPS) is 11.6. The van der Waals surface area contributed by atoms with Crippen LogP contribution < -0.4 is 11.1 Å². The van der Waals surface area contributed by atoms with Crippen LogP contribution in [0.2, 0.25) is 5.02 Å². The third-order valence-corrected chi connectivity index (χ3v) is 3.88. The van der Waals surface area contributed by atoms with Crippen LogP contribution in [0.3, 0.4) is 0 Å². The van der Waals surface area contributed by atoms with Crippen molar-refractivity contribution in [3.05, 3.63) is 29.3 Å². The Bertz CT molecular complexity index is 620. The van der Waals surface area contributed by atoms with Crippen molar-refractivity contribution in [1.82, 2.24) is 10.2 Å². The molecule has 1 aromatic heterocycles. The largest absolute Gasteiger partial charge is 0.380 e. The van der Waals surface area contributed by atoms with E-state index < -0.39 is 0 Å². The number of methoxy groups -OCH3 is 1. The molecule has 0 saturated heterocycles. The highest BCUT2D eigenvalue weighted by atomic mass is 35.5. The average Bonchev–Trinajstić information content (AvgIpc) is 2.93. The molecule has 1 unspecified atom stereocenters. The van der Waals surface area contributed by atoms with Crippen LogP contribution in [0.1, 0.15) is 6.42 Å². The van der Waals surface area contributed by atoms with Crippen LogP contribution in [-0.4, -0.2) is 35.9 Å². The van der Waals surface area contributed by atoms with Gasteiger partial charge in [0.05, 0.1) is 12.5 Å². The van der Waals surface area contributed by atoms with Crippen molar-refractivity contribution in [1.29, 1.82) is 0 Å². The molecule has 0 aliphatic heterocycles. The molecule has 120 valence electrons. The van der Waals surface area contributed by atoms with E-state index in [0.29, 0.717) is 15.2 Å². The van der Waals surface area contributed by atoms with E-state index in [4.69, 9.17) is 22.1 Å². The van der Waals surface area contributed by atoms with Gasteiger partial charge in [0.1, 0.15) is 5.01 Å². The summed E-state index contributed by atoms with van der Waals surface area (Å²) in [5.41, 5.74) is 6.33. The first-order valence-corrected chi connectivity index (χ1v) is 7.44. The van der Waals surface area contributed by atoms with Crippen LogP contribution in [0.25, 0.3) is 10.6 Å². The summed E-state index contributed by atoms with van der Waals surface area (Å²) in [6.07, 6.45) is -0.121. The lowest BCUT2D eigenvalue weighted by molar-refractivity contribution is -0.118. The molecule has 0 spiro atoms. The van der Waals surface area contributed by atoms with Crippen molar-refractivity contribution >= 4 is 46.4 Å². The summed E-state index contributed by atoms with van der Waals surface area (Å²) in [4.78, 5) is 11.8. The van der Waals surface area contributed by atoms with Crippen molar-refractivity contribution in [3.63, 3.8) is 0 Å². The molecule has 9 heteroatoms. The highest BCUT2D eigenvalue weighted by Crippen LogP contribution is 2.28. The maximum absolute atomic E-state index is 11.8. The fourth-order valence-electron chi connectivity index (χ4n) is 1.65. The van der Waals surface area contributed by atoms with Crippen molar-refractivity contribution < 1.29 is 9.53 Å². The first kappa shape index (κ1) is 18.8. The number of carbonyl (C=O) groups is 1. The predicted octanol–water partition coefficient (Wildman–Crippen LogP) is 2.58. The van der Waals surface area contributed by atoms with E-state index in [1.54, 1.807) is 12.1 Å². The van der Waals surface area contributed by atoms with Gasteiger partial charge in [-0.3, -0.25) is 4.79 Å². The van der Waals surface area contributed by atoms with Gasteiger partial charge < -0.3 is 15.8 Å². The molecule has 0 aliphatic carbocycles. The molecule has 6 nitrogen and oxygen atoms in total. The van der Waals surface area contributed by atoms with Gasteiger partial charge in [0, 0.05) is 24.2 Å². The van der Waals surface area contributed by atoms with Gasteiger partial charge in [-0.1, -0.05) is 35.1 Å². The van der Waals surface area contributed by atoms with E-state index >= 15 is 0 Å². The zero-order valence-electron chi connectivity index (χ0n) is 11.8. The van der Waals surface area contributed by atoms with Gasteiger partial charge in [-0.25, -0.2) is 0 Å². The minimum absolute atomic E-state index is 0. The number of hydrogen-bond acceptors (Lipinski definition) is 6. The Morgan fingerprint density at radius 2 is 2.27 bits per heavy atom. The molecule has 0 fully saturated rings. The van der Waals surface area contributed by atoms with E-state index in [1.807, 2.05) is 12.1 Å². The second kappa shape index (κ2) is 9.02. The summed E-state index contributed by atoms with van der Waals surface area (Å²) in [7, 11) is 1.52. The van der Waals surface area contributed by atoms with Gasteiger partial charge in [-0.15, -0.1) is 22.6 Å². The lowest BCUT2D eigenvalue weighted by atomic mass is 10.2. The van der Waals surface area contributed by atoms with Gasteiger partial charge in [-0.2, -0.15) is 0 Å². The first-order chi connectivity index (χ1) is 10.1. The Morgan fingerprint density at radius 1 is 1.50 bits per heavy atom. The highest BCUT2D eigenvalue weighted by molar-refractivity contribution is 7.18. The van der Waals surface area contributed by atoms with Crippen LogP contribution in [0.5, 0.6) is 0 Å². The number of carbonyl (C=O) groups excluding carboxylic acids is 1. The monoisotopic (exact) mass is 362 g/mol. The van der Waals surface area contributed by atoms with Crippen LogP contribution >= 0.6 is 35.3 Å². The third-order valence-electron chi connectivity index (χ3n) is 2.75. The number of halogens is 2. The average molecular weight is 363 g/mol. The highest BCUT2D eigenvalue weighted by Gasteiger charge is 2.14. The van der Waals surface area contributed by atoms with E-state index in [0.717, 1.165) is 5.56 Å². The lowest BCUT2D eigenvalue weighted by Gasteiger charge is -2.11. The summed E-state index contributed by atoms with van der Waals surface area (Å²) in [6, 6.07) is 7.30. The Hall–Kier alpha value is -1.25. The molecule has 2 rings (SSSR count). The van der Waals surface area contributed by atoms with Gasteiger partial charge in [0.15, 0.2) is 0 Å². The van der Waals surface area contributed by atoms with Gasteiger partial charge in [0.2, 0.25) is 11.0 Å². The van der Waals surface area contributed by atoms with Crippen LogP contribution in [0.15, 0.2) is 24.3 Å². The topological polar surface area (TPSA) is 90.1 Å². The summed E-state index contributed by atoms with van der Waals surface area (Å²) in [5, 5.41) is 12.4. The molecule has 0 aliphatic rings. The molecular weight excluding hydrogens is 347 g/mol. The minimum atomic E-state index is -0.301. The van der Waals surface area contributed by atoms with Crippen LogP contribution in [0, 0.1) is 0 Å². The molecule has 0 radical (unpaired) electrons. The molecule has 1 aromatic carbocycles. The van der Waals surface area contributed by atoms with E-state index in [1.165, 1.54) is 18.4 Å². The van der Waals surface area contributed by atoms with E-state index in [9.17, 15) is 4.79 Å². The Morgan fingerprint density at radius 3 is 2.91 bits per heavy atom. The van der Waals surface area contributed by atoms with Gasteiger partial charge >= 0.3 is 0 Å². The van der Waals surface area contributed by atoms with Gasteiger partial charge in [-0.05, 0) is 12.1 Å². The summed E-state index contributed by atoms with van der Waals surface area (Å²) >= 11 is 7.22. The number of amides is 1. The Kier molecular flexibility index (Phi) is 7.70. The molecular formula is C13H16Cl2N4O2S. The fraction of sp³-hybridized carbons (Fsp3) is 0.308. The Balaban J connectivity index is 0.00000242. The van der Waals surface area contributed by atoms with Crippen LogP contribution in [-0.2, 0) is 9.53 Å². The zero-order valence-corrected chi connectivity index (χ0v) is 14.2. The summed E-state index contributed by atoms with van der Waals surface area (Å²) in [6.45, 7) is 0.286. The van der Waals surface area contributed by atoms with E-state index in [2.05, 4.69) is 15.5 Å². The predicted molar refractivity (Wildman–Crippen MR) is 90.7 cm³/mol. The number of ether oxygens (including phenoxy) is 1. The van der Waals surface area contributed by atoms with Crippen molar-refractivity contribution in [3.8, 4) is 10.6 Å². The molecule has 0 saturated carbocycles. The summed E-state index contributed by atoms with van der Waals surface area (Å²) in [5.74, 6) is -0.207. The second-order valence-corrected chi connectivity index (χ2v) is 5.68. The van der Waals surface area contributed by atoms with Gasteiger partial charge in [0.25, 0.3) is 0 Å². The molecule has 1 atom stereocenters. The number of anilines is 1. The minimum Gasteiger partial charge on any atom is -0.380 e. The molecule has 1 heterocycles. The zero-order chi connectivity index (χ0) is 15.2. The summed E-state index contributed by atoms with van der Waals surface area (Å²) < 4.78 is 5.06. The number of hydrogen-bond donors (Lipinski definition) is 2. The van der Waals surface area contributed by atoms with Crippen molar-refractivity contribution in [2.24, 2.45) is 5.73 Å². The lowest BCUT2D eigenvalue weighted by Crippen LogP contribution is -2.28. The molecule has 22 heavy (non-hydrogen) atoms. The maximum Gasteiger partial charge on any atom is 0.228 e. The number of nitrogens with two attached hydrogens (primary N) is 1. The first-order valence-electron chi connectivity index (χ1n) is 6.24. The number of aromatic nitrogens is 2. The number of nitrogens with one attached hydrogen (secondary N) is 1. The maximum atomic E-state index is 11.8. The quantitative estimate of drug-likeness (QED) is 0.823.